The number of amides is 1. The minimum Gasteiger partial charge on any atom is -0.342 e. The van der Waals surface area contributed by atoms with Crippen molar-refractivity contribution in [2.24, 2.45) is 17.8 Å². The lowest BCUT2D eigenvalue weighted by atomic mass is 9.68. The third kappa shape index (κ3) is 4.39. The summed E-state index contributed by atoms with van der Waals surface area (Å²) in [6.07, 6.45) is 4.16. The number of carbonyl (C=O) groups is 3. The minimum absolute atomic E-state index is 0.0128. The standard InChI is InChI=1S/C17H29NO3/c1-5-10-18(11-6-2)17(21)15-9-7-8-14(12(3)19)16(15)13(4)20/h14-16H,5-11H2,1-4H3/t14-,15?,16?/m0/s1. The molecule has 0 aromatic carbocycles. The summed E-state index contributed by atoms with van der Waals surface area (Å²) in [7, 11) is 0. The Morgan fingerprint density at radius 2 is 1.43 bits per heavy atom. The molecule has 4 nitrogen and oxygen atoms in total. The van der Waals surface area contributed by atoms with Gasteiger partial charge < -0.3 is 4.90 Å². The van der Waals surface area contributed by atoms with Crippen LogP contribution in [-0.4, -0.2) is 35.5 Å². The van der Waals surface area contributed by atoms with Gasteiger partial charge in [0, 0.05) is 30.8 Å². The first-order chi connectivity index (χ1) is 9.93. The molecule has 1 rings (SSSR count). The molecule has 0 aliphatic heterocycles. The van der Waals surface area contributed by atoms with Gasteiger partial charge in [-0.05, 0) is 39.5 Å². The van der Waals surface area contributed by atoms with Crippen LogP contribution in [0.1, 0.15) is 59.8 Å². The Labute approximate surface area is 128 Å². The predicted octanol–water partition coefficient (Wildman–Crippen LogP) is 2.85. The molecule has 0 aromatic rings. The summed E-state index contributed by atoms with van der Waals surface area (Å²) in [5, 5.41) is 0. The second-order valence-electron chi connectivity index (χ2n) is 6.22. The minimum atomic E-state index is -0.417. The van der Waals surface area contributed by atoms with Crippen LogP contribution in [0.2, 0.25) is 0 Å². The van der Waals surface area contributed by atoms with Crippen molar-refractivity contribution in [2.45, 2.75) is 59.8 Å². The van der Waals surface area contributed by atoms with Gasteiger partial charge in [0.15, 0.2) is 0 Å². The van der Waals surface area contributed by atoms with Crippen LogP contribution in [0, 0.1) is 17.8 Å². The molecule has 120 valence electrons. The van der Waals surface area contributed by atoms with E-state index in [0.29, 0.717) is 0 Å². The van der Waals surface area contributed by atoms with Crippen molar-refractivity contribution >= 4 is 17.5 Å². The SMILES string of the molecule is CCCN(CCC)C(=O)C1CCC[C@@H](C(C)=O)C1C(C)=O. The molecule has 0 saturated heterocycles. The first kappa shape index (κ1) is 17.9. The molecule has 4 heteroatoms. The van der Waals surface area contributed by atoms with Gasteiger partial charge in [0.2, 0.25) is 5.91 Å². The van der Waals surface area contributed by atoms with Crippen LogP contribution in [0.15, 0.2) is 0 Å². The Balaban J connectivity index is 2.97. The third-order valence-electron chi connectivity index (χ3n) is 4.50. The molecular formula is C17H29NO3. The first-order valence-electron chi connectivity index (χ1n) is 8.23. The van der Waals surface area contributed by atoms with E-state index in [1.165, 1.54) is 6.92 Å². The Morgan fingerprint density at radius 1 is 0.905 bits per heavy atom. The second kappa shape index (κ2) is 8.30. The molecule has 1 aliphatic carbocycles. The summed E-state index contributed by atoms with van der Waals surface area (Å²) in [6, 6.07) is 0. The van der Waals surface area contributed by atoms with Gasteiger partial charge >= 0.3 is 0 Å². The van der Waals surface area contributed by atoms with Gasteiger partial charge in [0.05, 0.1) is 0 Å². The molecule has 1 saturated carbocycles. The fourth-order valence-electron chi connectivity index (χ4n) is 3.60. The van der Waals surface area contributed by atoms with Crippen LogP contribution in [-0.2, 0) is 14.4 Å². The number of Topliss-reactive ketones (excluding diaryl/α,β-unsaturated/α-hetero) is 2. The van der Waals surface area contributed by atoms with Gasteiger partial charge in [-0.25, -0.2) is 0 Å². The van der Waals surface area contributed by atoms with Gasteiger partial charge in [-0.3, -0.25) is 14.4 Å². The maximum absolute atomic E-state index is 12.8. The van der Waals surface area contributed by atoms with E-state index in [1.807, 2.05) is 4.90 Å². The van der Waals surface area contributed by atoms with E-state index in [-0.39, 0.29) is 29.3 Å². The molecule has 0 N–H and O–H groups in total. The van der Waals surface area contributed by atoms with Crippen molar-refractivity contribution in [2.75, 3.05) is 13.1 Å². The number of hydrogen-bond donors (Lipinski definition) is 0. The number of ketones is 2. The van der Waals surface area contributed by atoms with Crippen LogP contribution in [0.5, 0.6) is 0 Å². The quantitative estimate of drug-likeness (QED) is 0.725. The molecule has 3 atom stereocenters. The van der Waals surface area contributed by atoms with Crippen LogP contribution < -0.4 is 0 Å². The lowest BCUT2D eigenvalue weighted by Gasteiger charge is -2.37. The summed E-state index contributed by atoms with van der Waals surface area (Å²) in [6.45, 7) is 8.64. The van der Waals surface area contributed by atoms with Crippen molar-refractivity contribution in [1.29, 1.82) is 0 Å². The van der Waals surface area contributed by atoms with E-state index in [1.54, 1.807) is 6.92 Å². The van der Waals surface area contributed by atoms with Gasteiger partial charge in [-0.1, -0.05) is 20.3 Å². The van der Waals surface area contributed by atoms with Crippen LogP contribution >= 0.6 is 0 Å². The van der Waals surface area contributed by atoms with E-state index < -0.39 is 5.92 Å². The molecule has 0 bridgehead atoms. The zero-order chi connectivity index (χ0) is 16.0. The van der Waals surface area contributed by atoms with E-state index >= 15 is 0 Å². The van der Waals surface area contributed by atoms with Gasteiger partial charge in [0.25, 0.3) is 0 Å². The normalized spacial score (nSPS) is 25.4. The summed E-state index contributed by atoms with van der Waals surface area (Å²) in [4.78, 5) is 38.6. The zero-order valence-electron chi connectivity index (χ0n) is 13.9. The summed E-state index contributed by atoms with van der Waals surface area (Å²) >= 11 is 0. The lowest BCUT2D eigenvalue weighted by molar-refractivity contribution is -0.146. The van der Waals surface area contributed by atoms with Crippen molar-refractivity contribution in [3.63, 3.8) is 0 Å². The smallest absolute Gasteiger partial charge is 0.226 e. The molecule has 0 aromatic heterocycles. The lowest BCUT2D eigenvalue weighted by Crippen LogP contribution is -2.46. The highest BCUT2D eigenvalue weighted by molar-refractivity contribution is 5.92. The van der Waals surface area contributed by atoms with Crippen LogP contribution in [0.25, 0.3) is 0 Å². The van der Waals surface area contributed by atoms with Gasteiger partial charge in [0.1, 0.15) is 11.6 Å². The van der Waals surface area contributed by atoms with Crippen molar-refractivity contribution in [1.82, 2.24) is 4.90 Å². The van der Waals surface area contributed by atoms with Gasteiger partial charge in [-0.2, -0.15) is 0 Å². The molecule has 1 amide bonds. The van der Waals surface area contributed by atoms with E-state index in [9.17, 15) is 14.4 Å². The molecule has 0 radical (unpaired) electrons. The van der Waals surface area contributed by atoms with Crippen molar-refractivity contribution in [3.8, 4) is 0 Å². The van der Waals surface area contributed by atoms with E-state index in [2.05, 4.69) is 13.8 Å². The fourth-order valence-corrected chi connectivity index (χ4v) is 3.60. The van der Waals surface area contributed by atoms with Crippen LogP contribution in [0.4, 0.5) is 0 Å². The van der Waals surface area contributed by atoms with Gasteiger partial charge in [-0.15, -0.1) is 0 Å². The van der Waals surface area contributed by atoms with E-state index in [4.69, 9.17) is 0 Å². The molecule has 1 fully saturated rings. The van der Waals surface area contributed by atoms with Crippen LogP contribution in [0.3, 0.4) is 0 Å². The molecular weight excluding hydrogens is 266 g/mol. The maximum Gasteiger partial charge on any atom is 0.226 e. The Bertz CT molecular complexity index is 385. The Morgan fingerprint density at radius 3 is 1.86 bits per heavy atom. The maximum atomic E-state index is 12.8. The van der Waals surface area contributed by atoms with Crippen molar-refractivity contribution in [3.05, 3.63) is 0 Å². The topological polar surface area (TPSA) is 54.5 Å². The predicted molar refractivity (Wildman–Crippen MR) is 82.8 cm³/mol. The highest BCUT2D eigenvalue weighted by Crippen LogP contribution is 2.37. The Kier molecular flexibility index (Phi) is 7.06. The monoisotopic (exact) mass is 295 g/mol. The highest BCUT2D eigenvalue weighted by atomic mass is 16.2. The molecule has 2 unspecified atom stereocenters. The number of rotatable bonds is 7. The average Bonchev–Trinajstić information content (AvgIpc) is 2.45. The Hall–Kier alpha value is -1.19. The molecule has 21 heavy (non-hydrogen) atoms. The average molecular weight is 295 g/mol. The summed E-state index contributed by atoms with van der Waals surface area (Å²) < 4.78 is 0. The third-order valence-corrected chi connectivity index (χ3v) is 4.50. The highest BCUT2D eigenvalue weighted by Gasteiger charge is 2.43. The summed E-state index contributed by atoms with van der Waals surface area (Å²) in [5.74, 6) is -0.880. The van der Waals surface area contributed by atoms with E-state index in [0.717, 1.165) is 45.2 Å². The fraction of sp³-hybridized carbons (Fsp3) is 0.824. The summed E-state index contributed by atoms with van der Waals surface area (Å²) in [5.41, 5.74) is 0. The van der Waals surface area contributed by atoms with Crippen molar-refractivity contribution < 1.29 is 14.4 Å². The second-order valence-corrected chi connectivity index (χ2v) is 6.22. The number of carbonyl (C=O) groups excluding carboxylic acids is 3. The number of hydrogen-bond acceptors (Lipinski definition) is 3. The first-order valence-corrected chi connectivity index (χ1v) is 8.23. The molecule has 0 heterocycles. The number of nitrogens with zero attached hydrogens (tertiary/aromatic N) is 1. The largest absolute Gasteiger partial charge is 0.342 e. The molecule has 1 aliphatic rings. The molecule has 0 spiro atoms. The zero-order valence-corrected chi connectivity index (χ0v) is 13.9.